The van der Waals surface area contributed by atoms with E-state index in [9.17, 15) is 9.59 Å². The molecule has 0 aliphatic carbocycles. The lowest BCUT2D eigenvalue weighted by Crippen LogP contribution is -2.37. The highest BCUT2D eigenvalue weighted by molar-refractivity contribution is 5.90. The first kappa shape index (κ1) is 19.0. The summed E-state index contributed by atoms with van der Waals surface area (Å²) in [7, 11) is 1.61. The van der Waals surface area contributed by atoms with Crippen LogP contribution in [-0.2, 0) is 20.7 Å². The number of methoxy groups -OCH3 is 1. The molecule has 2 atom stereocenters. The molecule has 3 rings (SSSR count). The van der Waals surface area contributed by atoms with Crippen LogP contribution >= 0.6 is 0 Å². The molecule has 1 aromatic carbocycles. The van der Waals surface area contributed by atoms with E-state index in [0.29, 0.717) is 26.1 Å². The molecule has 1 aromatic heterocycles. The topological polar surface area (TPSA) is 71.5 Å². The summed E-state index contributed by atoms with van der Waals surface area (Å²) in [6.07, 6.45) is 2.63. The molecule has 1 fully saturated rings. The Morgan fingerprint density at radius 1 is 1.22 bits per heavy atom. The molecule has 0 saturated carbocycles. The summed E-state index contributed by atoms with van der Waals surface area (Å²) in [6.45, 7) is 1.43. The van der Waals surface area contributed by atoms with Gasteiger partial charge in [-0.3, -0.25) is 14.6 Å². The zero-order chi connectivity index (χ0) is 19.1. The van der Waals surface area contributed by atoms with Gasteiger partial charge in [-0.05, 0) is 17.7 Å². The Balaban J connectivity index is 1.69. The molecule has 1 aliphatic heterocycles. The van der Waals surface area contributed by atoms with Crippen molar-refractivity contribution < 1.29 is 14.3 Å². The molecule has 1 aliphatic rings. The Hall–Kier alpha value is -2.73. The Morgan fingerprint density at radius 3 is 2.70 bits per heavy atom. The molecule has 0 bridgehead atoms. The minimum atomic E-state index is -0.402. The molecular weight excluding hydrogens is 342 g/mol. The van der Waals surface area contributed by atoms with Crippen molar-refractivity contribution in [3.8, 4) is 0 Å². The highest BCUT2D eigenvalue weighted by atomic mass is 16.5. The SMILES string of the molecule is COCCN1C(=O)C[C@@H](C(=O)NCCc2ccccn2)[C@@H]1c1ccccc1. The first-order valence-corrected chi connectivity index (χ1v) is 9.21. The quantitative estimate of drug-likeness (QED) is 0.774. The van der Waals surface area contributed by atoms with E-state index in [1.807, 2.05) is 48.5 Å². The number of ether oxygens (including phenoxy) is 1. The minimum Gasteiger partial charge on any atom is -0.383 e. The minimum absolute atomic E-state index is 0.00854. The van der Waals surface area contributed by atoms with Crippen LogP contribution in [0, 0.1) is 5.92 Å². The van der Waals surface area contributed by atoms with Crippen molar-refractivity contribution in [3.05, 3.63) is 66.0 Å². The second kappa shape index (κ2) is 9.28. The molecule has 0 spiro atoms. The summed E-state index contributed by atoms with van der Waals surface area (Å²) in [5.41, 5.74) is 1.91. The van der Waals surface area contributed by atoms with Gasteiger partial charge >= 0.3 is 0 Å². The number of hydrogen-bond donors (Lipinski definition) is 1. The molecule has 27 heavy (non-hydrogen) atoms. The van der Waals surface area contributed by atoms with E-state index >= 15 is 0 Å². The van der Waals surface area contributed by atoms with Crippen LogP contribution in [0.2, 0.25) is 0 Å². The maximum absolute atomic E-state index is 12.8. The Kier molecular flexibility index (Phi) is 6.54. The highest BCUT2D eigenvalue weighted by Gasteiger charge is 2.44. The lowest BCUT2D eigenvalue weighted by Gasteiger charge is -2.28. The van der Waals surface area contributed by atoms with Gasteiger partial charge in [0.2, 0.25) is 11.8 Å². The van der Waals surface area contributed by atoms with Crippen molar-refractivity contribution in [3.63, 3.8) is 0 Å². The van der Waals surface area contributed by atoms with Crippen molar-refractivity contribution in [2.45, 2.75) is 18.9 Å². The van der Waals surface area contributed by atoms with Crippen molar-refractivity contribution >= 4 is 11.8 Å². The second-order valence-corrected chi connectivity index (χ2v) is 6.61. The number of rotatable bonds is 8. The number of amides is 2. The summed E-state index contributed by atoms with van der Waals surface area (Å²) in [5.74, 6) is -0.501. The number of aromatic nitrogens is 1. The zero-order valence-electron chi connectivity index (χ0n) is 15.5. The summed E-state index contributed by atoms with van der Waals surface area (Å²) in [6, 6.07) is 15.2. The molecule has 1 N–H and O–H groups in total. The van der Waals surface area contributed by atoms with Gasteiger partial charge in [-0.15, -0.1) is 0 Å². The lowest BCUT2D eigenvalue weighted by atomic mass is 9.92. The summed E-state index contributed by atoms with van der Waals surface area (Å²) >= 11 is 0. The third kappa shape index (κ3) is 4.71. The van der Waals surface area contributed by atoms with Gasteiger partial charge in [-0.2, -0.15) is 0 Å². The molecule has 2 heterocycles. The van der Waals surface area contributed by atoms with Crippen molar-refractivity contribution in [1.29, 1.82) is 0 Å². The van der Waals surface area contributed by atoms with E-state index < -0.39 is 5.92 Å². The maximum Gasteiger partial charge on any atom is 0.226 e. The Morgan fingerprint density at radius 2 is 2.00 bits per heavy atom. The van der Waals surface area contributed by atoms with Gasteiger partial charge < -0.3 is 15.0 Å². The first-order valence-electron chi connectivity index (χ1n) is 9.21. The number of carbonyl (C=O) groups excluding carboxylic acids is 2. The molecule has 2 amide bonds. The van der Waals surface area contributed by atoms with Gasteiger partial charge in [0.25, 0.3) is 0 Å². The van der Waals surface area contributed by atoms with Gasteiger partial charge in [0.15, 0.2) is 0 Å². The molecule has 6 heteroatoms. The van der Waals surface area contributed by atoms with Crippen LogP contribution in [0.4, 0.5) is 0 Å². The smallest absolute Gasteiger partial charge is 0.226 e. The zero-order valence-corrected chi connectivity index (χ0v) is 15.5. The van der Waals surface area contributed by atoms with E-state index in [-0.39, 0.29) is 24.3 Å². The third-order valence-corrected chi connectivity index (χ3v) is 4.85. The number of hydrogen-bond acceptors (Lipinski definition) is 4. The molecule has 0 unspecified atom stereocenters. The van der Waals surface area contributed by atoms with E-state index in [2.05, 4.69) is 10.3 Å². The number of nitrogens with zero attached hydrogens (tertiary/aromatic N) is 2. The molecule has 142 valence electrons. The second-order valence-electron chi connectivity index (χ2n) is 6.61. The largest absolute Gasteiger partial charge is 0.383 e. The maximum atomic E-state index is 12.8. The van der Waals surface area contributed by atoms with Crippen LogP contribution in [0.25, 0.3) is 0 Å². The Labute approximate surface area is 159 Å². The summed E-state index contributed by atoms with van der Waals surface area (Å²) < 4.78 is 5.14. The van der Waals surface area contributed by atoms with Crippen LogP contribution in [-0.4, -0.2) is 48.5 Å². The van der Waals surface area contributed by atoms with Gasteiger partial charge in [0.05, 0.1) is 18.6 Å². The summed E-state index contributed by atoms with van der Waals surface area (Å²) in [4.78, 5) is 31.4. The fourth-order valence-corrected chi connectivity index (χ4v) is 3.53. The van der Waals surface area contributed by atoms with Crippen molar-refractivity contribution in [2.75, 3.05) is 26.8 Å². The van der Waals surface area contributed by atoms with Crippen LogP contribution in [0.5, 0.6) is 0 Å². The van der Waals surface area contributed by atoms with Crippen molar-refractivity contribution in [1.82, 2.24) is 15.2 Å². The van der Waals surface area contributed by atoms with Gasteiger partial charge in [0, 0.05) is 44.9 Å². The van der Waals surface area contributed by atoms with Crippen LogP contribution in [0.1, 0.15) is 23.7 Å². The predicted molar refractivity (Wildman–Crippen MR) is 102 cm³/mol. The number of pyridine rings is 1. The first-order chi connectivity index (χ1) is 13.2. The highest BCUT2D eigenvalue weighted by Crippen LogP contribution is 2.38. The number of carbonyl (C=O) groups is 2. The van der Waals surface area contributed by atoms with Gasteiger partial charge in [-0.25, -0.2) is 0 Å². The van der Waals surface area contributed by atoms with Gasteiger partial charge in [0.1, 0.15) is 0 Å². The average molecular weight is 367 g/mol. The third-order valence-electron chi connectivity index (χ3n) is 4.85. The number of likely N-dealkylation sites (tertiary alicyclic amines) is 1. The number of benzene rings is 1. The fraction of sp³-hybridized carbons (Fsp3) is 0.381. The van der Waals surface area contributed by atoms with Crippen LogP contribution in [0.3, 0.4) is 0 Å². The van der Waals surface area contributed by atoms with Gasteiger partial charge in [-0.1, -0.05) is 36.4 Å². The molecule has 6 nitrogen and oxygen atoms in total. The molecular formula is C21H25N3O3. The lowest BCUT2D eigenvalue weighted by molar-refractivity contribution is -0.129. The molecule has 1 saturated heterocycles. The van der Waals surface area contributed by atoms with Crippen molar-refractivity contribution in [2.24, 2.45) is 5.92 Å². The fourth-order valence-electron chi connectivity index (χ4n) is 3.53. The molecule has 2 aromatic rings. The number of nitrogens with one attached hydrogen (secondary N) is 1. The van der Waals surface area contributed by atoms with Crippen LogP contribution < -0.4 is 5.32 Å². The van der Waals surface area contributed by atoms with E-state index in [4.69, 9.17) is 4.74 Å². The van der Waals surface area contributed by atoms with Crippen LogP contribution in [0.15, 0.2) is 54.7 Å². The van der Waals surface area contributed by atoms with E-state index in [1.165, 1.54) is 0 Å². The Bertz CT molecular complexity index is 752. The normalized spacial score (nSPS) is 19.3. The monoisotopic (exact) mass is 367 g/mol. The van der Waals surface area contributed by atoms with E-state index in [1.54, 1.807) is 18.2 Å². The summed E-state index contributed by atoms with van der Waals surface area (Å²) in [5, 5.41) is 2.98. The standard InChI is InChI=1S/C21H25N3O3/c1-27-14-13-24-19(25)15-18(20(24)16-7-3-2-4-8-16)21(26)23-12-10-17-9-5-6-11-22-17/h2-9,11,18,20H,10,12-15H2,1H3,(H,23,26)/t18-,20+/m1/s1. The van der Waals surface area contributed by atoms with E-state index in [0.717, 1.165) is 11.3 Å². The average Bonchev–Trinajstić information content (AvgIpc) is 3.04. The predicted octanol–water partition coefficient (Wildman–Crippen LogP) is 1.98. The molecule has 0 radical (unpaired) electrons.